The number of carboxylic acid groups (broad SMARTS) is 1. The fraction of sp³-hybridized carbons (Fsp3) is 0.667. The number of aromatic nitrogens is 3. The number of piperidine rings is 1. The number of amides is 2. The fourth-order valence-corrected chi connectivity index (χ4v) is 2.52. The monoisotopic (exact) mass is 281 g/mol. The summed E-state index contributed by atoms with van der Waals surface area (Å²) in [7, 11) is 1.78. The lowest BCUT2D eigenvalue weighted by Crippen LogP contribution is -2.54. The summed E-state index contributed by atoms with van der Waals surface area (Å²) in [4.78, 5) is 24.9. The second-order valence-electron chi connectivity index (χ2n) is 5.11. The molecule has 2 heterocycles. The molecule has 0 aromatic carbocycles. The van der Waals surface area contributed by atoms with Gasteiger partial charge in [-0.05, 0) is 18.8 Å². The van der Waals surface area contributed by atoms with Crippen LogP contribution in [-0.2, 0) is 18.4 Å². The first kappa shape index (κ1) is 14.3. The highest BCUT2D eigenvalue weighted by Gasteiger charge is 2.36. The minimum Gasteiger partial charge on any atom is -0.480 e. The van der Waals surface area contributed by atoms with E-state index in [0.29, 0.717) is 12.4 Å². The number of carbonyl (C=O) groups is 2. The van der Waals surface area contributed by atoms with Crippen LogP contribution in [0.5, 0.6) is 0 Å². The first-order valence-electron chi connectivity index (χ1n) is 6.61. The average Bonchev–Trinajstić information content (AvgIpc) is 2.80. The minimum absolute atomic E-state index is 0.0400. The van der Waals surface area contributed by atoms with Crippen LogP contribution in [0.2, 0.25) is 0 Å². The topological polar surface area (TPSA) is 100 Å². The Morgan fingerprint density at radius 3 is 2.90 bits per heavy atom. The molecule has 0 spiro atoms. The van der Waals surface area contributed by atoms with Gasteiger partial charge in [-0.3, -0.25) is 0 Å². The molecule has 20 heavy (non-hydrogen) atoms. The highest BCUT2D eigenvalue weighted by Crippen LogP contribution is 2.23. The van der Waals surface area contributed by atoms with E-state index < -0.39 is 12.0 Å². The molecule has 2 rings (SSSR count). The number of aliphatic carboxylic acids is 1. The Labute approximate surface area is 116 Å². The standard InChI is InChI=1S/C12H19N5O3/c1-8-4-3-5-17(10(8)11(18)19)12(20)13-6-9-15-14-7-16(9)2/h7-8,10H,3-6H2,1-2H3,(H,13,20)(H,18,19). The van der Waals surface area contributed by atoms with E-state index >= 15 is 0 Å². The van der Waals surface area contributed by atoms with Crippen LogP contribution in [-0.4, -0.2) is 49.4 Å². The van der Waals surface area contributed by atoms with Crippen LogP contribution in [0.1, 0.15) is 25.6 Å². The third-order valence-electron chi connectivity index (χ3n) is 3.65. The SMILES string of the molecule is CC1CCCN(C(=O)NCc2nncn2C)C1C(=O)O. The molecule has 110 valence electrons. The van der Waals surface area contributed by atoms with Crippen molar-refractivity contribution in [2.75, 3.05) is 6.54 Å². The first-order chi connectivity index (χ1) is 9.50. The van der Waals surface area contributed by atoms with Crippen LogP contribution in [0.15, 0.2) is 6.33 Å². The molecule has 1 aromatic heterocycles. The third kappa shape index (κ3) is 2.89. The van der Waals surface area contributed by atoms with Gasteiger partial charge in [0.25, 0.3) is 0 Å². The maximum absolute atomic E-state index is 12.2. The van der Waals surface area contributed by atoms with E-state index in [4.69, 9.17) is 0 Å². The van der Waals surface area contributed by atoms with Crippen molar-refractivity contribution < 1.29 is 14.7 Å². The minimum atomic E-state index is -0.953. The molecule has 1 fully saturated rings. The number of urea groups is 1. The van der Waals surface area contributed by atoms with Crippen molar-refractivity contribution in [2.24, 2.45) is 13.0 Å². The van der Waals surface area contributed by atoms with Crippen molar-refractivity contribution in [3.8, 4) is 0 Å². The van der Waals surface area contributed by atoms with E-state index in [9.17, 15) is 14.7 Å². The summed E-state index contributed by atoms with van der Waals surface area (Å²) in [6.07, 6.45) is 3.19. The maximum atomic E-state index is 12.2. The summed E-state index contributed by atoms with van der Waals surface area (Å²) in [5.74, 6) is -0.372. The van der Waals surface area contributed by atoms with Crippen molar-refractivity contribution in [3.05, 3.63) is 12.2 Å². The molecule has 2 atom stereocenters. The van der Waals surface area contributed by atoms with Crippen LogP contribution in [0.25, 0.3) is 0 Å². The lowest BCUT2D eigenvalue weighted by molar-refractivity contribution is -0.145. The average molecular weight is 281 g/mol. The second kappa shape index (κ2) is 5.89. The van der Waals surface area contributed by atoms with E-state index in [1.165, 1.54) is 4.90 Å². The molecule has 1 saturated heterocycles. The van der Waals surface area contributed by atoms with E-state index in [0.717, 1.165) is 12.8 Å². The number of aryl methyl sites for hydroxylation is 1. The van der Waals surface area contributed by atoms with Crippen LogP contribution in [0, 0.1) is 5.92 Å². The van der Waals surface area contributed by atoms with Gasteiger partial charge in [-0.15, -0.1) is 10.2 Å². The smallest absolute Gasteiger partial charge is 0.326 e. The Kier molecular flexibility index (Phi) is 4.21. The summed E-state index contributed by atoms with van der Waals surface area (Å²) in [5, 5.41) is 19.6. The largest absolute Gasteiger partial charge is 0.480 e. The molecular formula is C12H19N5O3. The molecule has 0 saturated carbocycles. The van der Waals surface area contributed by atoms with Crippen molar-refractivity contribution in [1.29, 1.82) is 0 Å². The van der Waals surface area contributed by atoms with Gasteiger partial charge < -0.3 is 19.9 Å². The second-order valence-corrected chi connectivity index (χ2v) is 5.11. The number of nitrogens with zero attached hydrogens (tertiary/aromatic N) is 4. The Morgan fingerprint density at radius 2 is 2.30 bits per heavy atom. The lowest BCUT2D eigenvalue weighted by Gasteiger charge is -2.37. The van der Waals surface area contributed by atoms with Crippen LogP contribution >= 0.6 is 0 Å². The lowest BCUT2D eigenvalue weighted by atomic mass is 9.91. The zero-order chi connectivity index (χ0) is 14.7. The molecule has 1 aliphatic rings. The first-order valence-corrected chi connectivity index (χ1v) is 6.61. The summed E-state index contributed by atoms with van der Waals surface area (Å²) in [6.45, 7) is 2.55. The van der Waals surface area contributed by atoms with Gasteiger partial charge in [0.1, 0.15) is 12.4 Å². The summed E-state index contributed by atoms with van der Waals surface area (Å²) < 4.78 is 1.70. The maximum Gasteiger partial charge on any atom is 0.326 e. The van der Waals surface area contributed by atoms with Gasteiger partial charge in [-0.1, -0.05) is 6.92 Å². The number of hydrogen-bond acceptors (Lipinski definition) is 4. The Balaban J connectivity index is 2.00. The molecule has 0 bridgehead atoms. The van der Waals surface area contributed by atoms with Gasteiger partial charge in [0, 0.05) is 13.6 Å². The van der Waals surface area contributed by atoms with E-state index in [1.807, 2.05) is 6.92 Å². The van der Waals surface area contributed by atoms with Gasteiger partial charge in [-0.25, -0.2) is 9.59 Å². The molecule has 8 heteroatoms. The van der Waals surface area contributed by atoms with Crippen LogP contribution in [0.4, 0.5) is 4.79 Å². The zero-order valence-electron chi connectivity index (χ0n) is 11.6. The molecule has 2 unspecified atom stereocenters. The van der Waals surface area contributed by atoms with Gasteiger partial charge >= 0.3 is 12.0 Å². The summed E-state index contributed by atoms with van der Waals surface area (Å²) >= 11 is 0. The third-order valence-corrected chi connectivity index (χ3v) is 3.65. The molecule has 1 aromatic rings. The predicted molar refractivity (Wildman–Crippen MR) is 69.8 cm³/mol. The van der Waals surface area contributed by atoms with Crippen molar-refractivity contribution >= 4 is 12.0 Å². The highest BCUT2D eigenvalue weighted by atomic mass is 16.4. The Hall–Kier alpha value is -2.12. The van der Waals surface area contributed by atoms with Crippen LogP contribution < -0.4 is 5.32 Å². The molecular weight excluding hydrogens is 262 g/mol. The number of nitrogens with one attached hydrogen (secondary N) is 1. The molecule has 2 amide bonds. The number of carboxylic acids is 1. The Morgan fingerprint density at radius 1 is 1.55 bits per heavy atom. The molecule has 2 N–H and O–H groups in total. The van der Waals surface area contributed by atoms with E-state index in [-0.39, 0.29) is 18.5 Å². The molecule has 0 radical (unpaired) electrons. The van der Waals surface area contributed by atoms with Crippen LogP contribution in [0.3, 0.4) is 0 Å². The molecule has 8 nitrogen and oxygen atoms in total. The Bertz CT molecular complexity index is 501. The predicted octanol–water partition coefficient (Wildman–Crippen LogP) is 0.210. The molecule has 1 aliphatic heterocycles. The van der Waals surface area contributed by atoms with Gasteiger partial charge in [0.15, 0.2) is 5.82 Å². The number of rotatable bonds is 3. The fourth-order valence-electron chi connectivity index (χ4n) is 2.52. The normalized spacial score (nSPS) is 22.6. The summed E-state index contributed by atoms with van der Waals surface area (Å²) in [6, 6.07) is -1.13. The summed E-state index contributed by atoms with van der Waals surface area (Å²) in [5.41, 5.74) is 0. The number of likely N-dealkylation sites (tertiary alicyclic amines) is 1. The zero-order valence-corrected chi connectivity index (χ0v) is 11.6. The number of hydrogen-bond donors (Lipinski definition) is 2. The van der Waals surface area contributed by atoms with Crippen molar-refractivity contribution in [2.45, 2.75) is 32.4 Å². The van der Waals surface area contributed by atoms with Crippen molar-refractivity contribution in [3.63, 3.8) is 0 Å². The van der Waals surface area contributed by atoms with Gasteiger partial charge in [-0.2, -0.15) is 0 Å². The highest BCUT2D eigenvalue weighted by molar-refractivity contribution is 5.83. The molecule has 0 aliphatic carbocycles. The number of carbonyl (C=O) groups excluding carboxylic acids is 1. The quantitative estimate of drug-likeness (QED) is 0.825. The van der Waals surface area contributed by atoms with E-state index in [2.05, 4.69) is 15.5 Å². The van der Waals surface area contributed by atoms with E-state index in [1.54, 1.807) is 17.9 Å². The van der Waals surface area contributed by atoms with Gasteiger partial charge in [0.2, 0.25) is 0 Å². The van der Waals surface area contributed by atoms with Crippen molar-refractivity contribution in [1.82, 2.24) is 25.0 Å². The van der Waals surface area contributed by atoms with Gasteiger partial charge in [0.05, 0.1) is 6.54 Å².